The van der Waals surface area contributed by atoms with Gasteiger partial charge in [0.05, 0.1) is 27.3 Å². The number of hydrogen-bond acceptors (Lipinski definition) is 5. The number of hydrogen-bond donors (Lipinski definition) is 3. The molecule has 7 nitrogen and oxygen atoms in total. The van der Waals surface area contributed by atoms with Gasteiger partial charge in [-0.3, -0.25) is 0 Å². The number of aliphatic hydroxyl groups is 1. The van der Waals surface area contributed by atoms with Crippen LogP contribution in [-0.4, -0.2) is 44.3 Å². The van der Waals surface area contributed by atoms with Crippen molar-refractivity contribution < 1.29 is 19.4 Å². The van der Waals surface area contributed by atoms with Gasteiger partial charge in [0, 0.05) is 6.54 Å². The molecule has 3 N–H and O–H groups in total. The third-order valence-corrected chi connectivity index (χ3v) is 4.43. The van der Waals surface area contributed by atoms with Crippen molar-refractivity contribution in [3.05, 3.63) is 65.2 Å². The molecule has 0 saturated carbocycles. The van der Waals surface area contributed by atoms with Crippen LogP contribution in [0.5, 0.6) is 5.75 Å². The maximum atomic E-state index is 11.9. The summed E-state index contributed by atoms with van der Waals surface area (Å²) in [6.45, 7) is 5.03. The number of carbonyl (C=O) groups is 1. The third-order valence-electron chi connectivity index (χ3n) is 4.43. The summed E-state index contributed by atoms with van der Waals surface area (Å²) >= 11 is 0. The smallest absolute Gasteiger partial charge is 0.341 e. The number of nitrogens with zero attached hydrogens (tertiary/aromatic N) is 1. The summed E-state index contributed by atoms with van der Waals surface area (Å²) in [7, 11) is 2.84. The number of rotatable bonds is 8. The molecule has 1 unspecified atom stereocenters. The highest BCUT2D eigenvalue weighted by atomic mass is 127. The molecular weight excluding hydrogens is 497 g/mol. The molecule has 30 heavy (non-hydrogen) atoms. The Morgan fingerprint density at radius 3 is 2.43 bits per heavy atom. The Balaban J connectivity index is 0.00000450. The number of methoxy groups -OCH3 is 2. The van der Waals surface area contributed by atoms with Gasteiger partial charge in [-0.05, 0) is 37.1 Å². The largest absolute Gasteiger partial charge is 0.496 e. The van der Waals surface area contributed by atoms with E-state index in [0.29, 0.717) is 36.9 Å². The number of ether oxygens (including phenoxy) is 2. The molecule has 0 fully saturated rings. The van der Waals surface area contributed by atoms with Gasteiger partial charge >= 0.3 is 5.97 Å². The Hall–Kier alpha value is -2.33. The second-order valence-corrected chi connectivity index (χ2v) is 6.71. The van der Waals surface area contributed by atoms with E-state index in [0.717, 1.165) is 11.1 Å². The molecule has 0 saturated heterocycles. The summed E-state index contributed by atoms with van der Waals surface area (Å²) in [5.41, 5.74) is 0.961. The lowest BCUT2D eigenvalue weighted by atomic mass is 9.96. The predicted molar refractivity (Wildman–Crippen MR) is 129 cm³/mol. The zero-order chi connectivity index (χ0) is 21.3. The van der Waals surface area contributed by atoms with Crippen LogP contribution >= 0.6 is 24.0 Å². The van der Waals surface area contributed by atoms with E-state index in [4.69, 9.17) is 9.47 Å². The molecule has 1 atom stereocenters. The first-order chi connectivity index (χ1) is 13.9. The van der Waals surface area contributed by atoms with Crippen molar-refractivity contribution >= 4 is 35.9 Å². The molecule has 2 rings (SSSR count). The molecule has 0 radical (unpaired) electrons. The molecule has 8 heteroatoms. The molecular formula is C22H30IN3O4. The van der Waals surface area contributed by atoms with Gasteiger partial charge in [-0.25, -0.2) is 9.79 Å². The Morgan fingerprint density at radius 2 is 1.83 bits per heavy atom. The third kappa shape index (κ3) is 7.17. The average molecular weight is 527 g/mol. The summed E-state index contributed by atoms with van der Waals surface area (Å²) in [6.07, 6.45) is 0. The lowest BCUT2D eigenvalue weighted by Gasteiger charge is -2.25. The van der Waals surface area contributed by atoms with Crippen LogP contribution in [0.2, 0.25) is 0 Å². The van der Waals surface area contributed by atoms with Gasteiger partial charge in [0.25, 0.3) is 0 Å². The number of esters is 1. The fourth-order valence-electron chi connectivity index (χ4n) is 2.79. The van der Waals surface area contributed by atoms with Crippen molar-refractivity contribution in [3.63, 3.8) is 0 Å². The Morgan fingerprint density at radius 1 is 1.13 bits per heavy atom. The number of carbonyl (C=O) groups excluding carboxylic acids is 1. The second-order valence-electron chi connectivity index (χ2n) is 6.71. The molecule has 0 heterocycles. The van der Waals surface area contributed by atoms with E-state index in [2.05, 4.69) is 15.6 Å². The van der Waals surface area contributed by atoms with Gasteiger partial charge in [0.2, 0.25) is 0 Å². The number of benzene rings is 2. The molecule has 0 aliphatic carbocycles. The quantitative estimate of drug-likeness (QED) is 0.212. The zero-order valence-corrected chi connectivity index (χ0v) is 20.1. The molecule has 164 valence electrons. The lowest BCUT2D eigenvalue weighted by Crippen LogP contribution is -2.44. The van der Waals surface area contributed by atoms with E-state index in [1.165, 1.54) is 14.2 Å². The highest BCUT2D eigenvalue weighted by molar-refractivity contribution is 14.0. The Kier molecular flexibility index (Phi) is 10.6. The van der Waals surface area contributed by atoms with Crippen LogP contribution in [-0.2, 0) is 16.9 Å². The predicted octanol–water partition coefficient (Wildman–Crippen LogP) is 3.06. The average Bonchev–Trinajstić information content (AvgIpc) is 2.75. The van der Waals surface area contributed by atoms with Crippen LogP contribution in [0.1, 0.15) is 35.3 Å². The van der Waals surface area contributed by atoms with Gasteiger partial charge in [-0.2, -0.15) is 0 Å². The first-order valence-electron chi connectivity index (χ1n) is 9.46. The maximum absolute atomic E-state index is 11.9. The lowest BCUT2D eigenvalue weighted by molar-refractivity contribution is 0.0595. The molecule has 2 aromatic carbocycles. The minimum atomic E-state index is -1.05. The van der Waals surface area contributed by atoms with Crippen molar-refractivity contribution in [2.24, 2.45) is 4.99 Å². The highest BCUT2D eigenvalue weighted by Gasteiger charge is 2.23. The monoisotopic (exact) mass is 527 g/mol. The van der Waals surface area contributed by atoms with Gasteiger partial charge in [0.1, 0.15) is 16.9 Å². The van der Waals surface area contributed by atoms with E-state index < -0.39 is 11.6 Å². The van der Waals surface area contributed by atoms with Gasteiger partial charge < -0.3 is 25.2 Å². The van der Waals surface area contributed by atoms with E-state index >= 15 is 0 Å². The van der Waals surface area contributed by atoms with Crippen LogP contribution in [0.25, 0.3) is 0 Å². The zero-order valence-electron chi connectivity index (χ0n) is 17.8. The standard InChI is InChI=1S/C22H29N3O4.HI/c1-5-23-21(25-15-22(2,27)17-9-7-6-8-10-17)24-14-16-11-12-19(28-3)18(13-16)20(26)29-4;/h6-13,27H,5,14-15H2,1-4H3,(H2,23,24,25);1H. The van der Waals surface area contributed by atoms with Crippen molar-refractivity contribution in [2.75, 3.05) is 27.3 Å². The number of guanidine groups is 1. The van der Waals surface area contributed by atoms with Crippen molar-refractivity contribution in [1.29, 1.82) is 0 Å². The fourth-order valence-corrected chi connectivity index (χ4v) is 2.79. The molecule has 0 aliphatic heterocycles. The van der Waals surface area contributed by atoms with E-state index in [1.54, 1.807) is 19.1 Å². The van der Waals surface area contributed by atoms with Crippen LogP contribution in [0, 0.1) is 0 Å². The number of nitrogens with one attached hydrogen (secondary N) is 2. The molecule has 0 spiro atoms. The van der Waals surface area contributed by atoms with Crippen LogP contribution < -0.4 is 15.4 Å². The van der Waals surface area contributed by atoms with Crippen molar-refractivity contribution in [3.8, 4) is 5.75 Å². The number of halogens is 1. The molecule has 0 aliphatic rings. The minimum absolute atomic E-state index is 0. The minimum Gasteiger partial charge on any atom is -0.496 e. The molecule has 0 aromatic heterocycles. The first kappa shape index (κ1) is 25.7. The van der Waals surface area contributed by atoms with Gasteiger partial charge in [-0.15, -0.1) is 24.0 Å². The van der Waals surface area contributed by atoms with Gasteiger partial charge in [-0.1, -0.05) is 36.4 Å². The summed E-state index contributed by atoms with van der Waals surface area (Å²) in [5, 5.41) is 17.1. The summed E-state index contributed by atoms with van der Waals surface area (Å²) in [4.78, 5) is 16.5. The highest BCUT2D eigenvalue weighted by Crippen LogP contribution is 2.21. The summed E-state index contributed by atoms with van der Waals surface area (Å²) in [5.74, 6) is 0.560. The van der Waals surface area contributed by atoms with E-state index in [1.807, 2.05) is 43.3 Å². The van der Waals surface area contributed by atoms with Crippen molar-refractivity contribution in [1.82, 2.24) is 10.6 Å². The Bertz CT molecular complexity index is 842. The normalized spacial score (nSPS) is 12.9. The first-order valence-corrected chi connectivity index (χ1v) is 9.46. The van der Waals surface area contributed by atoms with E-state index in [9.17, 15) is 9.90 Å². The molecule has 0 amide bonds. The van der Waals surface area contributed by atoms with Crippen LogP contribution in [0.15, 0.2) is 53.5 Å². The number of aliphatic imine (C=N–C) groups is 1. The molecule has 2 aromatic rings. The second kappa shape index (κ2) is 12.4. The van der Waals surface area contributed by atoms with Gasteiger partial charge in [0.15, 0.2) is 5.96 Å². The topological polar surface area (TPSA) is 92.2 Å². The Labute approximate surface area is 194 Å². The van der Waals surface area contributed by atoms with Crippen LogP contribution in [0.4, 0.5) is 0 Å². The summed E-state index contributed by atoms with van der Waals surface area (Å²) in [6, 6.07) is 14.7. The van der Waals surface area contributed by atoms with E-state index in [-0.39, 0.29) is 24.0 Å². The van der Waals surface area contributed by atoms with Crippen LogP contribution in [0.3, 0.4) is 0 Å². The maximum Gasteiger partial charge on any atom is 0.341 e. The van der Waals surface area contributed by atoms with Crippen molar-refractivity contribution in [2.45, 2.75) is 26.0 Å². The SMILES string of the molecule is CCNC(=NCc1ccc(OC)c(C(=O)OC)c1)NCC(C)(O)c1ccccc1.I. The fraction of sp³-hybridized carbons (Fsp3) is 0.364. The summed E-state index contributed by atoms with van der Waals surface area (Å²) < 4.78 is 10.0. The molecule has 0 bridgehead atoms.